The first-order chi connectivity index (χ1) is 16.2. The molecule has 0 aliphatic carbocycles. The van der Waals surface area contributed by atoms with Crippen LogP contribution >= 0.6 is 11.3 Å². The Morgan fingerprint density at radius 2 is 1.71 bits per heavy atom. The predicted molar refractivity (Wildman–Crippen MR) is 137 cm³/mol. The van der Waals surface area contributed by atoms with E-state index in [2.05, 4.69) is 10.3 Å². The molecule has 1 heterocycles. The number of amides is 3. The number of rotatable bonds is 7. The van der Waals surface area contributed by atoms with Gasteiger partial charge in [0.15, 0.2) is 5.13 Å². The number of para-hydroxylation sites is 1. The molecule has 1 N–H and O–H groups in total. The van der Waals surface area contributed by atoms with Crippen molar-refractivity contribution in [3.8, 4) is 0 Å². The zero-order valence-corrected chi connectivity index (χ0v) is 20.8. The van der Waals surface area contributed by atoms with E-state index in [1.807, 2.05) is 63.2 Å². The third-order valence-electron chi connectivity index (χ3n) is 5.13. The van der Waals surface area contributed by atoms with Crippen LogP contribution in [0.15, 0.2) is 53.9 Å². The smallest absolute Gasteiger partial charge is 0.246 e. The third kappa shape index (κ3) is 6.17. The molecule has 0 bridgehead atoms. The molecule has 3 aromatic rings. The van der Waals surface area contributed by atoms with Gasteiger partial charge < -0.3 is 10.2 Å². The van der Waals surface area contributed by atoms with Crippen molar-refractivity contribution in [2.75, 3.05) is 23.8 Å². The Balaban J connectivity index is 1.63. The molecule has 0 radical (unpaired) electrons. The first kappa shape index (κ1) is 24.9. The van der Waals surface area contributed by atoms with Gasteiger partial charge in [0.05, 0.1) is 17.9 Å². The largest absolute Gasteiger partial charge is 0.333 e. The Morgan fingerprint density at radius 3 is 2.32 bits per heavy atom. The number of nitrogens with one attached hydrogen (secondary N) is 1. The maximum atomic E-state index is 12.5. The number of benzene rings is 2. The van der Waals surface area contributed by atoms with Crippen molar-refractivity contribution in [3.63, 3.8) is 0 Å². The van der Waals surface area contributed by atoms with Gasteiger partial charge in [0, 0.05) is 31.1 Å². The third-order valence-corrected chi connectivity index (χ3v) is 5.97. The highest BCUT2D eigenvalue weighted by Gasteiger charge is 2.17. The molecule has 34 heavy (non-hydrogen) atoms. The molecule has 3 amide bonds. The zero-order chi connectivity index (χ0) is 24.8. The number of hydrogen-bond acceptors (Lipinski definition) is 5. The summed E-state index contributed by atoms with van der Waals surface area (Å²) in [7, 11) is 1.57. The van der Waals surface area contributed by atoms with E-state index in [0.717, 1.165) is 28.1 Å². The summed E-state index contributed by atoms with van der Waals surface area (Å²) in [6.45, 7) is 7.30. The first-order valence-corrected chi connectivity index (χ1v) is 11.7. The van der Waals surface area contributed by atoms with Gasteiger partial charge in [-0.15, -0.1) is 11.3 Å². The van der Waals surface area contributed by atoms with Crippen LogP contribution in [0.2, 0.25) is 0 Å². The molecule has 0 atom stereocenters. The average Bonchev–Trinajstić information content (AvgIpc) is 3.23. The highest BCUT2D eigenvalue weighted by molar-refractivity contribution is 7.14. The second-order valence-electron chi connectivity index (χ2n) is 8.09. The quantitative estimate of drug-likeness (QED) is 0.494. The Bertz CT molecular complexity index is 1210. The topological polar surface area (TPSA) is 82.6 Å². The van der Waals surface area contributed by atoms with Crippen LogP contribution in [-0.2, 0) is 14.4 Å². The van der Waals surface area contributed by atoms with Gasteiger partial charge in [0.25, 0.3) is 0 Å². The van der Waals surface area contributed by atoms with E-state index >= 15 is 0 Å². The minimum absolute atomic E-state index is 0.0790. The Hall–Kier alpha value is -3.78. The van der Waals surface area contributed by atoms with Gasteiger partial charge >= 0.3 is 0 Å². The van der Waals surface area contributed by atoms with Crippen LogP contribution in [0, 0.1) is 20.8 Å². The number of thiazole rings is 1. The van der Waals surface area contributed by atoms with E-state index in [0.29, 0.717) is 10.8 Å². The molecule has 0 aliphatic rings. The lowest BCUT2D eigenvalue weighted by molar-refractivity contribution is -0.129. The zero-order valence-electron chi connectivity index (χ0n) is 20.0. The van der Waals surface area contributed by atoms with Crippen LogP contribution < -0.4 is 10.2 Å². The van der Waals surface area contributed by atoms with E-state index in [-0.39, 0.29) is 24.3 Å². The number of hydrogen-bond donors (Lipinski definition) is 1. The predicted octanol–water partition coefficient (Wildman–Crippen LogP) is 4.86. The maximum absolute atomic E-state index is 12.5. The second kappa shape index (κ2) is 10.9. The summed E-state index contributed by atoms with van der Waals surface area (Å²) in [5.74, 6) is -0.749. The van der Waals surface area contributed by atoms with Crippen LogP contribution in [0.5, 0.6) is 0 Å². The minimum atomic E-state index is -0.325. The lowest BCUT2D eigenvalue weighted by Crippen LogP contribution is -2.34. The highest BCUT2D eigenvalue weighted by Crippen LogP contribution is 2.29. The molecule has 8 heteroatoms. The minimum Gasteiger partial charge on any atom is -0.333 e. The second-order valence-corrected chi connectivity index (χ2v) is 8.93. The fourth-order valence-corrected chi connectivity index (χ4v) is 4.45. The maximum Gasteiger partial charge on any atom is 0.246 e. The van der Waals surface area contributed by atoms with Crippen molar-refractivity contribution in [2.45, 2.75) is 27.7 Å². The lowest BCUT2D eigenvalue weighted by atomic mass is 10.1. The molecule has 3 rings (SSSR count). The van der Waals surface area contributed by atoms with E-state index in [4.69, 9.17) is 0 Å². The molecule has 0 unspecified atom stereocenters. The summed E-state index contributed by atoms with van der Waals surface area (Å²) in [6.07, 6.45) is 2.95. The summed E-state index contributed by atoms with van der Waals surface area (Å²) >= 11 is 1.31. The Morgan fingerprint density at radius 1 is 1.06 bits per heavy atom. The Kier molecular flexibility index (Phi) is 7.96. The van der Waals surface area contributed by atoms with Crippen molar-refractivity contribution in [1.29, 1.82) is 0 Å². The summed E-state index contributed by atoms with van der Waals surface area (Å²) < 4.78 is 0. The normalized spacial score (nSPS) is 10.9. The van der Waals surface area contributed by atoms with Crippen molar-refractivity contribution in [1.82, 2.24) is 9.88 Å². The molecule has 0 saturated heterocycles. The van der Waals surface area contributed by atoms with Gasteiger partial charge in [-0.25, -0.2) is 4.98 Å². The SMILES string of the molecule is CC(=O)N(c1ccccc1)c1nc(/C=C/C(=O)N(C)CC(=O)Nc2c(C)cc(C)cc2C)cs1. The molecule has 7 nitrogen and oxygen atoms in total. The van der Waals surface area contributed by atoms with Gasteiger partial charge in [-0.2, -0.15) is 0 Å². The molecule has 0 saturated carbocycles. The number of likely N-dealkylation sites (N-methyl/N-ethyl adjacent to an activating group) is 1. The van der Waals surface area contributed by atoms with Gasteiger partial charge in [-0.05, 0) is 50.1 Å². The number of nitrogens with zero attached hydrogens (tertiary/aromatic N) is 3. The number of anilines is 3. The number of aromatic nitrogens is 1. The standard InChI is InChI=1S/C26H28N4O3S/c1-17-13-18(2)25(19(3)14-17)28-23(32)15-29(5)24(33)12-11-21-16-34-26(27-21)30(20(4)31)22-9-7-6-8-10-22/h6-14,16H,15H2,1-5H3,(H,28,32)/b12-11+. The summed E-state index contributed by atoms with van der Waals surface area (Å²) in [5, 5.41) is 5.19. The fourth-order valence-electron chi connectivity index (χ4n) is 3.59. The first-order valence-electron chi connectivity index (χ1n) is 10.8. The van der Waals surface area contributed by atoms with E-state index in [1.54, 1.807) is 18.5 Å². The van der Waals surface area contributed by atoms with Crippen LogP contribution in [-0.4, -0.2) is 41.2 Å². The van der Waals surface area contributed by atoms with Gasteiger partial charge in [-0.1, -0.05) is 35.9 Å². The monoisotopic (exact) mass is 476 g/mol. The van der Waals surface area contributed by atoms with Gasteiger partial charge in [0.1, 0.15) is 0 Å². The molecule has 0 fully saturated rings. The lowest BCUT2D eigenvalue weighted by Gasteiger charge is -2.17. The molecule has 2 aromatic carbocycles. The molecular weight excluding hydrogens is 448 g/mol. The van der Waals surface area contributed by atoms with E-state index < -0.39 is 0 Å². The number of carbonyl (C=O) groups is 3. The average molecular weight is 477 g/mol. The van der Waals surface area contributed by atoms with Crippen LogP contribution in [0.25, 0.3) is 6.08 Å². The molecule has 0 aliphatic heterocycles. The van der Waals surface area contributed by atoms with Crippen molar-refractivity contribution < 1.29 is 14.4 Å². The summed E-state index contributed by atoms with van der Waals surface area (Å²) in [6, 6.07) is 13.3. The van der Waals surface area contributed by atoms with E-state index in [1.165, 1.54) is 34.1 Å². The van der Waals surface area contributed by atoms with Gasteiger partial charge in [0.2, 0.25) is 17.7 Å². The number of aryl methyl sites for hydroxylation is 3. The van der Waals surface area contributed by atoms with Crippen LogP contribution in [0.3, 0.4) is 0 Å². The number of carbonyl (C=O) groups excluding carboxylic acids is 3. The molecule has 0 spiro atoms. The summed E-state index contributed by atoms with van der Waals surface area (Å²) in [5.41, 5.74) is 5.14. The van der Waals surface area contributed by atoms with E-state index in [9.17, 15) is 14.4 Å². The Labute approximate surface area is 203 Å². The van der Waals surface area contributed by atoms with Crippen LogP contribution in [0.1, 0.15) is 29.3 Å². The fraction of sp³-hybridized carbons (Fsp3) is 0.231. The van der Waals surface area contributed by atoms with Crippen molar-refractivity contribution in [2.24, 2.45) is 0 Å². The van der Waals surface area contributed by atoms with Crippen molar-refractivity contribution in [3.05, 3.63) is 76.3 Å². The molecule has 1 aromatic heterocycles. The molecular formula is C26H28N4O3S. The highest BCUT2D eigenvalue weighted by atomic mass is 32.1. The summed E-state index contributed by atoms with van der Waals surface area (Å²) in [4.78, 5) is 44.5. The molecule has 176 valence electrons. The van der Waals surface area contributed by atoms with Gasteiger partial charge in [-0.3, -0.25) is 19.3 Å². The van der Waals surface area contributed by atoms with Crippen molar-refractivity contribution >= 4 is 51.6 Å². The van der Waals surface area contributed by atoms with Crippen LogP contribution in [0.4, 0.5) is 16.5 Å².